The summed E-state index contributed by atoms with van der Waals surface area (Å²) in [6.45, 7) is 7.92. The van der Waals surface area contributed by atoms with Gasteiger partial charge in [-0.3, -0.25) is 9.48 Å². The summed E-state index contributed by atoms with van der Waals surface area (Å²) < 4.78 is 7.93. The van der Waals surface area contributed by atoms with Crippen molar-refractivity contribution in [2.45, 2.75) is 27.7 Å². The van der Waals surface area contributed by atoms with Crippen molar-refractivity contribution in [1.29, 1.82) is 0 Å². The number of rotatable bonds is 5. The summed E-state index contributed by atoms with van der Waals surface area (Å²) in [6.07, 6.45) is 3.31. The summed E-state index contributed by atoms with van der Waals surface area (Å²) in [5, 5.41) is 7.27. The second kappa shape index (κ2) is 8.13. The van der Waals surface area contributed by atoms with Crippen molar-refractivity contribution in [3.8, 4) is 11.5 Å². The van der Waals surface area contributed by atoms with Crippen LogP contribution in [-0.2, 0) is 11.8 Å². The number of amides is 1. The van der Waals surface area contributed by atoms with Gasteiger partial charge in [0.2, 0.25) is 5.91 Å². The molecule has 1 heterocycles. The second-order valence-electron chi connectivity index (χ2n) is 6.85. The molecule has 3 rings (SSSR count). The SMILES string of the molecule is Cc1cccc(C)c1Oc1ccccc1NC(=O)/C=C/c1c(C)nn(C)c1C. The third-order valence-corrected chi connectivity index (χ3v) is 4.73. The lowest BCUT2D eigenvalue weighted by molar-refractivity contribution is -0.111. The Bertz CT molecular complexity index is 1030. The van der Waals surface area contributed by atoms with Crippen molar-refractivity contribution in [3.63, 3.8) is 0 Å². The number of anilines is 1. The van der Waals surface area contributed by atoms with Gasteiger partial charge in [0.15, 0.2) is 5.75 Å². The highest BCUT2D eigenvalue weighted by atomic mass is 16.5. The van der Waals surface area contributed by atoms with E-state index in [9.17, 15) is 4.79 Å². The number of nitrogens with one attached hydrogen (secondary N) is 1. The molecule has 0 fully saturated rings. The van der Waals surface area contributed by atoms with Crippen molar-refractivity contribution < 1.29 is 9.53 Å². The quantitative estimate of drug-likeness (QED) is 0.631. The Morgan fingerprint density at radius 1 is 1.04 bits per heavy atom. The normalized spacial score (nSPS) is 11.0. The monoisotopic (exact) mass is 375 g/mol. The van der Waals surface area contributed by atoms with Crippen molar-refractivity contribution in [2.75, 3.05) is 5.32 Å². The molecule has 0 saturated heterocycles. The predicted octanol–water partition coefficient (Wildman–Crippen LogP) is 5.10. The molecule has 0 spiro atoms. The van der Waals surface area contributed by atoms with Crippen LogP contribution < -0.4 is 10.1 Å². The number of para-hydroxylation sites is 3. The molecule has 3 aromatic rings. The van der Waals surface area contributed by atoms with Gasteiger partial charge in [0.25, 0.3) is 0 Å². The maximum atomic E-state index is 12.5. The topological polar surface area (TPSA) is 56.1 Å². The summed E-state index contributed by atoms with van der Waals surface area (Å²) in [5.74, 6) is 1.19. The molecule has 5 nitrogen and oxygen atoms in total. The Morgan fingerprint density at radius 3 is 2.36 bits per heavy atom. The van der Waals surface area contributed by atoms with Gasteiger partial charge in [0.1, 0.15) is 5.75 Å². The fourth-order valence-electron chi connectivity index (χ4n) is 3.09. The highest BCUT2D eigenvalue weighted by molar-refractivity contribution is 6.02. The molecule has 0 atom stereocenters. The molecule has 0 aliphatic carbocycles. The average Bonchev–Trinajstić information content (AvgIpc) is 2.89. The molecule has 28 heavy (non-hydrogen) atoms. The Morgan fingerprint density at radius 2 is 1.71 bits per heavy atom. The number of benzene rings is 2. The van der Waals surface area contributed by atoms with Gasteiger partial charge in [0.05, 0.1) is 11.4 Å². The number of aromatic nitrogens is 2. The molecule has 1 amide bonds. The Hall–Kier alpha value is -3.34. The van der Waals surface area contributed by atoms with Crippen LogP contribution in [0.1, 0.15) is 28.1 Å². The van der Waals surface area contributed by atoms with Crippen molar-refractivity contribution in [1.82, 2.24) is 9.78 Å². The van der Waals surface area contributed by atoms with E-state index < -0.39 is 0 Å². The number of aryl methyl sites for hydroxylation is 4. The molecule has 0 saturated carbocycles. The first-order valence-corrected chi connectivity index (χ1v) is 9.19. The summed E-state index contributed by atoms with van der Waals surface area (Å²) in [4.78, 5) is 12.5. The van der Waals surface area contributed by atoms with E-state index in [1.54, 1.807) is 10.8 Å². The summed E-state index contributed by atoms with van der Waals surface area (Å²) in [7, 11) is 1.89. The van der Waals surface area contributed by atoms with E-state index in [1.807, 2.05) is 77.2 Å². The second-order valence-corrected chi connectivity index (χ2v) is 6.85. The third kappa shape index (κ3) is 4.14. The van der Waals surface area contributed by atoms with E-state index in [0.717, 1.165) is 33.8 Å². The van der Waals surface area contributed by atoms with E-state index in [2.05, 4.69) is 10.4 Å². The van der Waals surface area contributed by atoms with Gasteiger partial charge in [-0.1, -0.05) is 30.3 Å². The highest BCUT2D eigenvalue weighted by Crippen LogP contribution is 2.33. The molecule has 5 heteroatoms. The molecule has 2 aromatic carbocycles. The van der Waals surface area contributed by atoms with E-state index in [4.69, 9.17) is 4.74 Å². The number of hydrogen-bond acceptors (Lipinski definition) is 3. The van der Waals surface area contributed by atoms with Gasteiger partial charge in [0, 0.05) is 24.4 Å². The molecule has 0 bridgehead atoms. The highest BCUT2D eigenvalue weighted by Gasteiger charge is 2.11. The van der Waals surface area contributed by atoms with Crippen molar-refractivity contribution in [3.05, 3.63) is 76.6 Å². The fourth-order valence-corrected chi connectivity index (χ4v) is 3.09. The van der Waals surface area contributed by atoms with Gasteiger partial charge in [-0.15, -0.1) is 0 Å². The Kier molecular flexibility index (Phi) is 5.64. The van der Waals surface area contributed by atoms with Gasteiger partial charge < -0.3 is 10.1 Å². The van der Waals surface area contributed by atoms with Gasteiger partial charge in [-0.2, -0.15) is 5.10 Å². The maximum Gasteiger partial charge on any atom is 0.248 e. The number of carbonyl (C=O) groups is 1. The fraction of sp³-hybridized carbons (Fsp3) is 0.217. The molecular weight excluding hydrogens is 350 g/mol. The molecule has 1 N–H and O–H groups in total. The van der Waals surface area contributed by atoms with Crippen LogP contribution >= 0.6 is 0 Å². The van der Waals surface area contributed by atoms with Crippen LogP contribution in [0.3, 0.4) is 0 Å². The zero-order valence-electron chi connectivity index (χ0n) is 16.9. The van der Waals surface area contributed by atoms with E-state index in [1.165, 1.54) is 6.08 Å². The van der Waals surface area contributed by atoms with Crippen molar-refractivity contribution >= 4 is 17.7 Å². The number of carbonyl (C=O) groups excluding carboxylic acids is 1. The Balaban J connectivity index is 1.80. The van der Waals surface area contributed by atoms with Crippen LogP contribution in [-0.4, -0.2) is 15.7 Å². The van der Waals surface area contributed by atoms with Gasteiger partial charge in [-0.25, -0.2) is 0 Å². The van der Waals surface area contributed by atoms with Crippen molar-refractivity contribution in [2.24, 2.45) is 7.05 Å². The zero-order valence-corrected chi connectivity index (χ0v) is 16.9. The average molecular weight is 375 g/mol. The lowest BCUT2D eigenvalue weighted by atomic mass is 10.1. The smallest absolute Gasteiger partial charge is 0.248 e. The van der Waals surface area contributed by atoms with Crippen LogP contribution in [0.4, 0.5) is 5.69 Å². The Labute approximate surface area is 165 Å². The van der Waals surface area contributed by atoms with E-state index >= 15 is 0 Å². The van der Waals surface area contributed by atoms with Gasteiger partial charge >= 0.3 is 0 Å². The predicted molar refractivity (Wildman–Crippen MR) is 113 cm³/mol. The minimum absolute atomic E-state index is 0.222. The summed E-state index contributed by atoms with van der Waals surface area (Å²) in [6, 6.07) is 13.4. The minimum atomic E-state index is -0.222. The molecule has 0 aliphatic rings. The molecular formula is C23H25N3O2. The van der Waals surface area contributed by atoms with Crippen LogP contribution in [0.5, 0.6) is 11.5 Å². The van der Waals surface area contributed by atoms with E-state index in [-0.39, 0.29) is 5.91 Å². The molecule has 144 valence electrons. The van der Waals surface area contributed by atoms with Crippen LogP contribution in [0.2, 0.25) is 0 Å². The maximum absolute atomic E-state index is 12.5. The van der Waals surface area contributed by atoms with E-state index in [0.29, 0.717) is 11.4 Å². The standard InChI is InChI=1S/C23H25N3O2/c1-15-9-8-10-16(2)23(15)28-21-12-7-6-11-20(21)24-22(27)14-13-19-17(3)25-26(5)18(19)4/h6-14H,1-5H3,(H,24,27)/b14-13+. The van der Waals surface area contributed by atoms with Crippen LogP contribution in [0.25, 0.3) is 6.08 Å². The van der Waals surface area contributed by atoms with Crippen LogP contribution in [0, 0.1) is 27.7 Å². The minimum Gasteiger partial charge on any atom is -0.455 e. The first-order chi connectivity index (χ1) is 13.4. The summed E-state index contributed by atoms with van der Waals surface area (Å²) in [5.41, 5.74) is 5.58. The molecule has 0 radical (unpaired) electrons. The lowest BCUT2D eigenvalue weighted by Crippen LogP contribution is -2.09. The lowest BCUT2D eigenvalue weighted by Gasteiger charge is -2.14. The number of hydrogen-bond donors (Lipinski definition) is 1. The zero-order chi connectivity index (χ0) is 20.3. The first-order valence-electron chi connectivity index (χ1n) is 9.19. The molecule has 0 unspecified atom stereocenters. The van der Waals surface area contributed by atoms with Crippen LogP contribution in [0.15, 0.2) is 48.5 Å². The molecule has 0 aliphatic heterocycles. The first kappa shape index (κ1) is 19.4. The number of nitrogens with zero attached hydrogens (tertiary/aromatic N) is 2. The number of ether oxygens (including phenoxy) is 1. The van der Waals surface area contributed by atoms with Gasteiger partial charge in [-0.05, 0) is 57.0 Å². The summed E-state index contributed by atoms with van der Waals surface area (Å²) >= 11 is 0. The largest absolute Gasteiger partial charge is 0.455 e. The third-order valence-electron chi connectivity index (χ3n) is 4.73. The molecule has 1 aromatic heterocycles.